The van der Waals surface area contributed by atoms with E-state index in [1.807, 2.05) is 31.2 Å². The van der Waals surface area contributed by atoms with Crippen molar-refractivity contribution in [3.05, 3.63) is 40.6 Å². The summed E-state index contributed by atoms with van der Waals surface area (Å²) in [4.78, 5) is 30.3. The van der Waals surface area contributed by atoms with Crippen LogP contribution in [0, 0.1) is 5.92 Å². The van der Waals surface area contributed by atoms with E-state index < -0.39 is 0 Å². The molecule has 26 heavy (non-hydrogen) atoms. The maximum Gasteiger partial charge on any atom is 0.248 e. The molecule has 7 nitrogen and oxygen atoms in total. The minimum atomic E-state index is -0.210. The Morgan fingerprint density at radius 3 is 2.81 bits per heavy atom. The van der Waals surface area contributed by atoms with Crippen molar-refractivity contribution in [2.75, 3.05) is 18.4 Å². The maximum absolute atomic E-state index is 12.5. The molecule has 0 aliphatic carbocycles. The third-order valence-electron chi connectivity index (χ3n) is 4.48. The first-order valence-corrected chi connectivity index (χ1v) is 9.57. The Balaban J connectivity index is 1.57. The van der Waals surface area contributed by atoms with Gasteiger partial charge in [-0.15, -0.1) is 5.10 Å². The highest BCUT2D eigenvalue weighted by molar-refractivity contribution is 9.10. The Hall–Kier alpha value is -2.22. The largest absolute Gasteiger partial charge is 0.342 e. The number of halogens is 1. The van der Waals surface area contributed by atoms with Gasteiger partial charge in [-0.1, -0.05) is 35.0 Å². The number of nitrogens with zero attached hydrogens (tertiary/aromatic N) is 4. The van der Waals surface area contributed by atoms with Crippen molar-refractivity contribution in [3.63, 3.8) is 0 Å². The van der Waals surface area contributed by atoms with Gasteiger partial charge in [-0.25, -0.2) is 9.67 Å². The van der Waals surface area contributed by atoms with Crippen LogP contribution in [0.25, 0.3) is 0 Å². The lowest BCUT2D eigenvalue weighted by molar-refractivity contribution is -0.134. The minimum Gasteiger partial charge on any atom is -0.342 e. The molecule has 3 rings (SSSR count). The molecular weight excluding hydrogens is 398 g/mol. The van der Waals surface area contributed by atoms with Gasteiger partial charge in [0.15, 0.2) is 0 Å². The van der Waals surface area contributed by atoms with Crippen molar-refractivity contribution >= 4 is 33.7 Å². The van der Waals surface area contributed by atoms with Gasteiger partial charge < -0.3 is 4.90 Å². The zero-order chi connectivity index (χ0) is 18.5. The van der Waals surface area contributed by atoms with Gasteiger partial charge in [0.1, 0.15) is 6.33 Å². The van der Waals surface area contributed by atoms with E-state index in [1.54, 1.807) is 15.9 Å². The zero-order valence-corrected chi connectivity index (χ0v) is 16.3. The molecule has 0 bridgehead atoms. The second-order valence-electron chi connectivity index (χ2n) is 6.41. The molecule has 1 aliphatic heterocycles. The summed E-state index contributed by atoms with van der Waals surface area (Å²) >= 11 is 3.41. The molecule has 1 fully saturated rings. The monoisotopic (exact) mass is 419 g/mol. The van der Waals surface area contributed by atoms with Crippen LogP contribution in [0.2, 0.25) is 0 Å². The molecule has 0 saturated carbocycles. The third kappa shape index (κ3) is 4.69. The lowest BCUT2D eigenvalue weighted by atomic mass is 9.97. The fourth-order valence-electron chi connectivity index (χ4n) is 3.06. The van der Waals surface area contributed by atoms with Crippen LogP contribution < -0.4 is 5.32 Å². The topological polar surface area (TPSA) is 80.1 Å². The average Bonchev–Trinajstić information content (AvgIpc) is 3.09. The van der Waals surface area contributed by atoms with E-state index in [-0.39, 0.29) is 17.7 Å². The van der Waals surface area contributed by atoms with Crippen LogP contribution in [-0.4, -0.2) is 44.6 Å². The summed E-state index contributed by atoms with van der Waals surface area (Å²) in [5.41, 5.74) is 1.09. The Labute approximate surface area is 160 Å². The molecule has 1 aromatic heterocycles. The van der Waals surface area contributed by atoms with Gasteiger partial charge in [-0.2, -0.15) is 0 Å². The molecule has 8 heteroatoms. The Morgan fingerprint density at radius 2 is 2.08 bits per heavy atom. The number of carbonyl (C=O) groups excluding carboxylic acids is 2. The molecule has 2 amide bonds. The zero-order valence-electron chi connectivity index (χ0n) is 14.7. The Morgan fingerprint density at radius 1 is 1.31 bits per heavy atom. The van der Waals surface area contributed by atoms with Crippen LogP contribution >= 0.6 is 15.9 Å². The summed E-state index contributed by atoms with van der Waals surface area (Å²) < 4.78 is 2.71. The van der Waals surface area contributed by atoms with E-state index >= 15 is 0 Å². The first kappa shape index (κ1) is 18.6. The van der Waals surface area contributed by atoms with Crippen LogP contribution in [0.1, 0.15) is 31.7 Å². The predicted octanol–water partition coefficient (Wildman–Crippen LogP) is 2.68. The van der Waals surface area contributed by atoms with Gasteiger partial charge in [0.2, 0.25) is 17.8 Å². The maximum atomic E-state index is 12.5. The lowest BCUT2D eigenvalue weighted by Gasteiger charge is -2.31. The van der Waals surface area contributed by atoms with E-state index in [2.05, 4.69) is 31.3 Å². The number of benzene rings is 1. The number of nitrogens with one attached hydrogen (secondary N) is 1. The van der Waals surface area contributed by atoms with E-state index in [0.717, 1.165) is 29.4 Å². The second kappa shape index (κ2) is 8.44. The number of likely N-dealkylation sites (tertiary alicyclic amines) is 1. The fraction of sp³-hybridized carbons (Fsp3) is 0.444. The van der Waals surface area contributed by atoms with Gasteiger partial charge in [-0.05, 0) is 30.5 Å². The molecule has 1 N–H and O–H groups in total. The van der Waals surface area contributed by atoms with Crippen molar-refractivity contribution in [3.8, 4) is 0 Å². The summed E-state index contributed by atoms with van der Waals surface area (Å²) in [7, 11) is 0. The normalized spacial score (nSPS) is 17.2. The second-order valence-corrected chi connectivity index (χ2v) is 7.33. The molecule has 1 saturated heterocycles. The van der Waals surface area contributed by atoms with E-state index in [4.69, 9.17) is 0 Å². The average molecular weight is 420 g/mol. The Bertz CT molecular complexity index is 774. The van der Waals surface area contributed by atoms with Crippen LogP contribution in [0.3, 0.4) is 0 Å². The molecule has 0 spiro atoms. The number of hydrogen-bond acceptors (Lipinski definition) is 4. The van der Waals surface area contributed by atoms with E-state index in [0.29, 0.717) is 25.5 Å². The van der Waals surface area contributed by atoms with Crippen LogP contribution in [-0.2, 0) is 16.1 Å². The standard InChI is InChI=1S/C18H22BrN5O2/c1-2-16(25)23-9-3-4-14(11-23)17(26)21-18-20-12-24(22-18)10-13-5-7-15(19)8-6-13/h5-8,12,14H,2-4,9-11H2,1H3,(H,21,22,26). The minimum absolute atomic E-state index is 0.0967. The van der Waals surface area contributed by atoms with Crippen LogP contribution in [0.15, 0.2) is 35.1 Å². The number of carbonyl (C=O) groups is 2. The highest BCUT2D eigenvalue weighted by atomic mass is 79.9. The number of rotatable bonds is 5. The summed E-state index contributed by atoms with van der Waals surface area (Å²) in [5, 5.41) is 7.09. The molecule has 138 valence electrons. The number of piperidine rings is 1. The first-order valence-electron chi connectivity index (χ1n) is 8.77. The van der Waals surface area contributed by atoms with Crippen molar-refractivity contribution in [2.45, 2.75) is 32.7 Å². The Kier molecular flexibility index (Phi) is 6.03. The molecule has 2 heterocycles. The van der Waals surface area contributed by atoms with E-state index in [1.165, 1.54) is 0 Å². The van der Waals surface area contributed by atoms with Crippen LogP contribution in [0.4, 0.5) is 5.95 Å². The van der Waals surface area contributed by atoms with Gasteiger partial charge in [0.05, 0.1) is 12.5 Å². The van der Waals surface area contributed by atoms with Gasteiger partial charge in [0.25, 0.3) is 0 Å². The smallest absolute Gasteiger partial charge is 0.248 e. The van der Waals surface area contributed by atoms with Crippen LogP contribution in [0.5, 0.6) is 0 Å². The molecule has 1 aromatic carbocycles. The molecule has 2 aromatic rings. The quantitative estimate of drug-likeness (QED) is 0.807. The molecule has 1 atom stereocenters. The highest BCUT2D eigenvalue weighted by Crippen LogP contribution is 2.18. The molecule has 1 aliphatic rings. The van der Waals surface area contributed by atoms with Crippen molar-refractivity contribution in [1.82, 2.24) is 19.7 Å². The third-order valence-corrected chi connectivity index (χ3v) is 5.01. The number of amides is 2. The predicted molar refractivity (Wildman–Crippen MR) is 101 cm³/mol. The van der Waals surface area contributed by atoms with Crippen molar-refractivity contribution < 1.29 is 9.59 Å². The fourth-order valence-corrected chi connectivity index (χ4v) is 3.32. The van der Waals surface area contributed by atoms with Gasteiger partial charge >= 0.3 is 0 Å². The summed E-state index contributed by atoms with van der Waals surface area (Å²) in [5.74, 6) is 0.0584. The SMILES string of the molecule is CCC(=O)N1CCCC(C(=O)Nc2ncn(Cc3ccc(Br)cc3)n2)C1. The molecular formula is C18H22BrN5O2. The first-order chi connectivity index (χ1) is 12.5. The molecule has 0 radical (unpaired) electrons. The summed E-state index contributed by atoms with van der Waals surface area (Å²) in [6, 6.07) is 7.96. The highest BCUT2D eigenvalue weighted by Gasteiger charge is 2.28. The number of aromatic nitrogens is 3. The van der Waals surface area contributed by atoms with Crippen molar-refractivity contribution in [2.24, 2.45) is 5.92 Å². The summed E-state index contributed by atoms with van der Waals surface area (Å²) in [6.07, 6.45) is 3.69. The van der Waals surface area contributed by atoms with E-state index in [9.17, 15) is 9.59 Å². The number of hydrogen-bond donors (Lipinski definition) is 1. The van der Waals surface area contributed by atoms with Gasteiger partial charge in [-0.3, -0.25) is 14.9 Å². The van der Waals surface area contributed by atoms with Crippen molar-refractivity contribution in [1.29, 1.82) is 0 Å². The van der Waals surface area contributed by atoms with Gasteiger partial charge in [0, 0.05) is 24.0 Å². The number of anilines is 1. The lowest BCUT2D eigenvalue weighted by Crippen LogP contribution is -2.43. The molecule has 1 unspecified atom stereocenters. The summed E-state index contributed by atoms with van der Waals surface area (Å²) in [6.45, 7) is 3.63.